The fraction of sp³-hybridized carbons (Fsp3) is 0.125. The van der Waals surface area contributed by atoms with E-state index in [9.17, 15) is 0 Å². The minimum atomic E-state index is 0.609. The Morgan fingerprint density at radius 3 is 2.89 bits per heavy atom. The van der Waals surface area contributed by atoms with Crippen molar-refractivity contribution in [1.29, 1.82) is 0 Å². The van der Waals surface area contributed by atoms with Crippen molar-refractivity contribution in [2.75, 3.05) is 0 Å². The number of aryl methyl sites for hydroxylation is 1. The van der Waals surface area contributed by atoms with Crippen LogP contribution in [0.25, 0.3) is 10.9 Å². The SMILES string of the molecule is Cc1cccc(COc2ccc3[nH]ccc3c2)c1. The Morgan fingerprint density at radius 2 is 2.00 bits per heavy atom. The van der Waals surface area contributed by atoms with Gasteiger partial charge < -0.3 is 9.72 Å². The van der Waals surface area contributed by atoms with Crippen LogP contribution >= 0.6 is 0 Å². The quantitative estimate of drug-likeness (QED) is 0.730. The zero-order valence-electron chi connectivity index (χ0n) is 10.3. The number of benzene rings is 2. The number of nitrogens with one attached hydrogen (secondary N) is 1. The molecule has 2 heteroatoms. The molecule has 90 valence electrons. The highest BCUT2D eigenvalue weighted by Gasteiger charge is 1.99. The van der Waals surface area contributed by atoms with E-state index in [0.29, 0.717) is 6.61 Å². The van der Waals surface area contributed by atoms with E-state index in [1.807, 2.05) is 18.3 Å². The second-order valence-electron chi connectivity index (χ2n) is 4.50. The molecule has 2 nitrogen and oxygen atoms in total. The molecule has 0 radical (unpaired) electrons. The first-order valence-corrected chi connectivity index (χ1v) is 6.07. The topological polar surface area (TPSA) is 25.0 Å². The molecule has 1 heterocycles. The van der Waals surface area contributed by atoms with Crippen LogP contribution in [0.15, 0.2) is 54.7 Å². The van der Waals surface area contributed by atoms with E-state index < -0.39 is 0 Å². The lowest BCUT2D eigenvalue weighted by Gasteiger charge is -2.07. The van der Waals surface area contributed by atoms with E-state index in [1.54, 1.807) is 0 Å². The molecule has 0 unspecified atom stereocenters. The van der Waals surface area contributed by atoms with E-state index >= 15 is 0 Å². The molecule has 3 rings (SSSR count). The minimum Gasteiger partial charge on any atom is -0.489 e. The Kier molecular flexibility index (Phi) is 2.77. The zero-order valence-corrected chi connectivity index (χ0v) is 10.3. The average Bonchev–Trinajstić information content (AvgIpc) is 2.84. The summed E-state index contributed by atoms with van der Waals surface area (Å²) in [6.45, 7) is 2.70. The Morgan fingerprint density at radius 1 is 1.06 bits per heavy atom. The maximum atomic E-state index is 5.81. The van der Waals surface area contributed by atoms with Crippen molar-refractivity contribution < 1.29 is 4.74 Å². The average molecular weight is 237 g/mol. The molecule has 0 saturated carbocycles. The largest absolute Gasteiger partial charge is 0.489 e. The van der Waals surface area contributed by atoms with Gasteiger partial charge in [0.1, 0.15) is 12.4 Å². The fourth-order valence-electron chi connectivity index (χ4n) is 2.09. The van der Waals surface area contributed by atoms with Crippen LogP contribution in [-0.4, -0.2) is 4.98 Å². The first-order valence-electron chi connectivity index (χ1n) is 6.07. The summed E-state index contributed by atoms with van der Waals surface area (Å²) in [5.41, 5.74) is 3.60. The molecule has 3 aromatic rings. The van der Waals surface area contributed by atoms with Crippen LogP contribution in [0.5, 0.6) is 5.75 Å². The molecule has 0 amide bonds. The van der Waals surface area contributed by atoms with E-state index in [-0.39, 0.29) is 0 Å². The van der Waals surface area contributed by atoms with Gasteiger partial charge in [0.05, 0.1) is 0 Å². The summed E-state index contributed by atoms with van der Waals surface area (Å²) < 4.78 is 5.81. The Balaban J connectivity index is 1.76. The van der Waals surface area contributed by atoms with Crippen LogP contribution < -0.4 is 4.74 Å². The highest BCUT2D eigenvalue weighted by atomic mass is 16.5. The Labute approximate surface area is 106 Å². The van der Waals surface area contributed by atoms with Gasteiger partial charge in [-0.2, -0.15) is 0 Å². The van der Waals surface area contributed by atoms with Crippen molar-refractivity contribution in [3.05, 3.63) is 65.9 Å². The number of hydrogen-bond donors (Lipinski definition) is 1. The van der Waals surface area contributed by atoms with Gasteiger partial charge in [-0.15, -0.1) is 0 Å². The number of rotatable bonds is 3. The van der Waals surface area contributed by atoms with Crippen molar-refractivity contribution >= 4 is 10.9 Å². The van der Waals surface area contributed by atoms with Gasteiger partial charge >= 0.3 is 0 Å². The molecule has 0 aliphatic rings. The Bertz CT molecular complexity index is 669. The van der Waals surface area contributed by atoms with Gasteiger partial charge in [0.15, 0.2) is 0 Å². The molecule has 18 heavy (non-hydrogen) atoms. The van der Waals surface area contributed by atoms with Crippen LogP contribution in [0.2, 0.25) is 0 Å². The predicted octanol–water partition coefficient (Wildman–Crippen LogP) is 4.06. The normalized spacial score (nSPS) is 10.7. The first kappa shape index (κ1) is 10.9. The van der Waals surface area contributed by atoms with Gasteiger partial charge in [-0.25, -0.2) is 0 Å². The summed E-state index contributed by atoms with van der Waals surface area (Å²) in [6, 6.07) is 16.5. The highest BCUT2D eigenvalue weighted by Crippen LogP contribution is 2.20. The zero-order chi connectivity index (χ0) is 12.4. The smallest absolute Gasteiger partial charge is 0.120 e. The van der Waals surface area contributed by atoms with Crippen LogP contribution in [-0.2, 0) is 6.61 Å². The number of aromatic amines is 1. The lowest BCUT2D eigenvalue weighted by molar-refractivity contribution is 0.306. The van der Waals surface area contributed by atoms with Crippen molar-refractivity contribution in [3.63, 3.8) is 0 Å². The molecule has 0 bridgehead atoms. The second-order valence-corrected chi connectivity index (χ2v) is 4.50. The van der Waals surface area contributed by atoms with E-state index in [2.05, 4.69) is 48.3 Å². The van der Waals surface area contributed by atoms with Crippen LogP contribution in [0.4, 0.5) is 0 Å². The number of ether oxygens (including phenoxy) is 1. The third-order valence-electron chi connectivity index (χ3n) is 3.01. The fourth-order valence-corrected chi connectivity index (χ4v) is 2.09. The standard InChI is InChI=1S/C16H15NO/c1-12-3-2-4-13(9-12)11-18-15-5-6-16-14(10-15)7-8-17-16/h2-10,17H,11H2,1H3. The van der Waals surface area contributed by atoms with Crippen molar-refractivity contribution in [2.45, 2.75) is 13.5 Å². The second kappa shape index (κ2) is 4.57. The first-order chi connectivity index (χ1) is 8.81. The maximum absolute atomic E-state index is 5.81. The predicted molar refractivity (Wildman–Crippen MR) is 73.8 cm³/mol. The van der Waals surface area contributed by atoms with E-state index in [4.69, 9.17) is 4.74 Å². The molecule has 0 spiro atoms. The maximum Gasteiger partial charge on any atom is 0.120 e. The molecule has 2 aromatic carbocycles. The van der Waals surface area contributed by atoms with Crippen molar-refractivity contribution in [2.24, 2.45) is 0 Å². The summed E-state index contributed by atoms with van der Waals surface area (Å²) in [5, 5.41) is 1.18. The molecule has 0 saturated heterocycles. The summed E-state index contributed by atoms with van der Waals surface area (Å²) >= 11 is 0. The number of hydrogen-bond acceptors (Lipinski definition) is 1. The van der Waals surface area contributed by atoms with E-state index in [1.165, 1.54) is 16.5 Å². The molecular formula is C16H15NO. The van der Waals surface area contributed by atoms with Crippen LogP contribution in [0.3, 0.4) is 0 Å². The summed E-state index contributed by atoms with van der Waals surface area (Å²) in [6.07, 6.45) is 1.94. The molecule has 0 atom stereocenters. The molecule has 1 aromatic heterocycles. The number of aromatic nitrogens is 1. The Hall–Kier alpha value is -2.22. The summed E-state index contributed by atoms with van der Waals surface area (Å²) in [4.78, 5) is 3.17. The van der Waals surface area contributed by atoms with Gasteiger partial charge in [0.2, 0.25) is 0 Å². The van der Waals surface area contributed by atoms with Gasteiger partial charge in [0, 0.05) is 17.1 Å². The van der Waals surface area contributed by atoms with Gasteiger partial charge in [0.25, 0.3) is 0 Å². The number of H-pyrrole nitrogens is 1. The third-order valence-corrected chi connectivity index (χ3v) is 3.01. The van der Waals surface area contributed by atoms with Crippen LogP contribution in [0, 0.1) is 6.92 Å². The monoisotopic (exact) mass is 237 g/mol. The van der Waals surface area contributed by atoms with Gasteiger partial charge in [-0.1, -0.05) is 29.8 Å². The van der Waals surface area contributed by atoms with Crippen LogP contribution in [0.1, 0.15) is 11.1 Å². The lowest BCUT2D eigenvalue weighted by Crippen LogP contribution is -1.95. The summed E-state index contributed by atoms with van der Waals surface area (Å²) in [7, 11) is 0. The van der Waals surface area contributed by atoms with Gasteiger partial charge in [-0.05, 0) is 36.8 Å². The molecule has 0 aliphatic heterocycles. The molecule has 0 fully saturated rings. The summed E-state index contributed by atoms with van der Waals surface area (Å²) in [5.74, 6) is 0.906. The minimum absolute atomic E-state index is 0.609. The van der Waals surface area contributed by atoms with E-state index in [0.717, 1.165) is 11.3 Å². The van der Waals surface area contributed by atoms with Crippen molar-refractivity contribution in [3.8, 4) is 5.75 Å². The molecular weight excluding hydrogens is 222 g/mol. The van der Waals surface area contributed by atoms with Crippen molar-refractivity contribution in [1.82, 2.24) is 4.98 Å². The highest BCUT2D eigenvalue weighted by molar-refractivity contribution is 5.80. The van der Waals surface area contributed by atoms with Gasteiger partial charge in [-0.3, -0.25) is 0 Å². The third kappa shape index (κ3) is 2.23. The number of fused-ring (bicyclic) bond motifs is 1. The molecule has 1 N–H and O–H groups in total. The lowest BCUT2D eigenvalue weighted by atomic mass is 10.1. The molecule has 0 aliphatic carbocycles.